The van der Waals surface area contributed by atoms with Crippen molar-refractivity contribution in [3.8, 4) is 5.75 Å². The zero-order valence-electron chi connectivity index (χ0n) is 9.75. The molecule has 1 aliphatic rings. The molecule has 1 aliphatic carbocycles. The van der Waals surface area contributed by atoms with Gasteiger partial charge in [0.05, 0.1) is 13.7 Å². The van der Waals surface area contributed by atoms with Crippen LogP contribution in [0.1, 0.15) is 34.7 Å². The third kappa shape index (κ3) is 2.25. The predicted octanol–water partition coefficient (Wildman–Crippen LogP) is 1.97. The van der Waals surface area contributed by atoms with Gasteiger partial charge in [-0.1, -0.05) is 12.1 Å². The van der Waals surface area contributed by atoms with E-state index in [9.17, 15) is 4.79 Å². The van der Waals surface area contributed by atoms with Crippen molar-refractivity contribution < 1.29 is 9.53 Å². The fourth-order valence-electron chi connectivity index (χ4n) is 1.88. The average Bonchev–Trinajstić information content (AvgIpc) is 3.12. The van der Waals surface area contributed by atoms with Gasteiger partial charge in [0, 0.05) is 5.56 Å². The Morgan fingerprint density at radius 2 is 2.25 bits per heavy atom. The van der Waals surface area contributed by atoms with Crippen LogP contribution in [0.15, 0.2) is 18.2 Å². The van der Waals surface area contributed by atoms with Crippen molar-refractivity contribution in [3.63, 3.8) is 0 Å². The molecule has 86 valence electrons. The largest absolute Gasteiger partial charge is 0.496 e. The average molecular weight is 219 g/mol. The molecule has 0 atom stereocenters. The van der Waals surface area contributed by atoms with Crippen molar-refractivity contribution in [3.05, 3.63) is 29.3 Å². The molecule has 16 heavy (non-hydrogen) atoms. The number of methoxy groups -OCH3 is 1. The van der Waals surface area contributed by atoms with E-state index in [1.54, 1.807) is 14.2 Å². The standard InChI is InChI=1S/C13H17NO2/c1-14-8-12(15)10-5-6-11(9-3-4-9)13(7-10)16-2/h5-7,9,14H,3-4,8H2,1-2H3. The lowest BCUT2D eigenvalue weighted by atomic mass is 10.0. The molecule has 0 saturated heterocycles. The van der Waals surface area contributed by atoms with Gasteiger partial charge in [-0.3, -0.25) is 4.79 Å². The highest BCUT2D eigenvalue weighted by molar-refractivity contribution is 5.98. The highest BCUT2D eigenvalue weighted by atomic mass is 16.5. The lowest BCUT2D eigenvalue weighted by molar-refractivity contribution is 0.0993. The second kappa shape index (κ2) is 4.66. The maximum Gasteiger partial charge on any atom is 0.176 e. The zero-order valence-corrected chi connectivity index (χ0v) is 9.75. The van der Waals surface area contributed by atoms with E-state index in [-0.39, 0.29) is 5.78 Å². The van der Waals surface area contributed by atoms with Crippen molar-refractivity contribution in [2.45, 2.75) is 18.8 Å². The molecule has 1 aromatic carbocycles. The first-order valence-electron chi connectivity index (χ1n) is 5.62. The van der Waals surface area contributed by atoms with E-state index in [0.717, 1.165) is 11.3 Å². The summed E-state index contributed by atoms with van der Waals surface area (Å²) in [6.07, 6.45) is 2.47. The molecular formula is C13H17NO2. The fourth-order valence-corrected chi connectivity index (χ4v) is 1.88. The smallest absolute Gasteiger partial charge is 0.176 e. The SMILES string of the molecule is CNCC(=O)c1ccc(C2CC2)c(OC)c1. The third-order valence-electron chi connectivity index (χ3n) is 2.91. The zero-order chi connectivity index (χ0) is 11.5. The number of nitrogens with one attached hydrogen (secondary N) is 1. The number of ketones is 1. The normalized spacial score (nSPS) is 14.9. The summed E-state index contributed by atoms with van der Waals surface area (Å²) in [4.78, 5) is 11.7. The molecule has 0 unspecified atom stereocenters. The fraction of sp³-hybridized carbons (Fsp3) is 0.462. The summed E-state index contributed by atoms with van der Waals surface area (Å²) in [6, 6.07) is 5.78. The summed E-state index contributed by atoms with van der Waals surface area (Å²) < 4.78 is 5.34. The van der Waals surface area contributed by atoms with Crippen molar-refractivity contribution >= 4 is 5.78 Å². The van der Waals surface area contributed by atoms with Gasteiger partial charge in [-0.25, -0.2) is 0 Å². The Labute approximate surface area is 95.8 Å². The van der Waals surface area contributed by atoms with E-state index in [2.05, 4.69) is 5.32 Å². The number of rotatable bonds is 5. The second-order valence-corrected chi connectivity index (χ2v) is 4.18. The van der Waals surface area contributed by atoms with Crippen LogP contribution in [-0.2, 0) is 0 Å². The van der Waals surface area contributed by atoms with E-state index in [4.69, 9.17) is 4.74 Å². The molecule has 0 aromatic heterocycles. The van der Waals surface area contributed by atoms with Gasteiger partial charge in [-0.15, -0.1) is 0 Å². The van der Waals surface area contributed by atoms with E-state index in [1.165, 1.54) is 18.4 Å². The summed E-state index contributed by atoms with van der Waals surface area (Å²) >= 11 is 0. The van der Waals surface area contributed by atoms with Crippen LogP contribution in [0.3, 0.4) is 0 Å². The molecule has 1 fully saturated rings. The number of hydrogen-bond acceptors (Lipinski definition) is 3. The topological polar surface area (TPSA) is 38.3 Å². The number of hydrogen-bond donors (Lipinski definition) is 1. The van der Waals surface area contributed by atoms with Gasteiger partial charge in [-0.05, 0) is 37.4 Å². The molecule has 0 bridgehead atoms. The molecule has 3 heteroatoms. The van der Waals surface area contributed by atoms with Crippen LogP contribution in [0, 0.1) is 0 Å². The van der Waals surface area contributed by atoms with E-state index < -0.39 is 0 Å². The maximum atomic E-state index is 11.7. The van der Waals surface area contributed by atoms with Crippen molar-refractivity contribution in [1.82, 2.24) is 5.32 Å². The Morgan fingerprint density at radius 3 is 2.81 bits per heavy atom. The molecule has 2 rings (SSSR count). The number of Topliss-reactive ketones (excluding diaryl/α,β-unsaturated/α-hetero) is 1. The van der Waals surface area contributed by atoms with Crippen LogP contribution in [0.2, 0.25) is 0 Å². The first-order chi connectivity index (χ1) is 7.76. The molecular weight excluding hydrogens is 202 g/mol. The number of carbonyl (C=O) groups excluding carboxylic acids is 1. The molecule has 1 saturated carbocycles. The Morgan fingerprint density at radius 1 is 1.50 bits per heavy atom. The highest BCUT2D eigenvalue weighted by Gasteiger charge is 2.27. The number of ether oxygens (including phenoxy) is 1. The Balaban J connectivity index is 2.25. The van der Waals surface area contributed by atoms with E-state index in [1.807, 2.05) is 18.2 Å². The first-order valence-corrected chi connectivity index (χ1v) is 5.62. The van der Waals surface area contributed by atoms with Crippen LogP contribution in [0.25, 0.3) is 0 Å². The van der Waals surface area contributed by atoms with Gasteiger partial charge in [0.15, 0.2) is 5.78 Å². The monoisotopic (exact) mass is 219 g/mol. The van der Waals surface area contributed by atoms with Crippen molar-refractivity contribution in [1.29, 1.82) is 0 Å². The molecule has 0 spiro atoms. The van der Waals surface area contributed by atoms with Crippen LogP contribution in [0.4, 0.5) is 0 Å². The first kappa shape index (κ1) is 11.1. The summed E-state index contributed by atoms with van der Waals surface area (Å²) in [7, 11) is 3.43. The second-order valence-electron chi connectivity index (χ2n) is 4.18. The maximum absolute atomic E-state index is 11.7. The molecule has 0 aliphatic heterocycles. The van der Waals surface area contributed by atoms with Gasteiger partial charge in [0.25, 0.3) is 0 Å². The van der Waals surface area contributed by atoms with E-state index in [0.29, 0.717) is 12.5 Å². The Bertz CT molecular complexity index is 397. The summed E-state index contributed by atoms with van der Waals surface area (Å²) in [5.41, 5.74) is 1.96. The van der Waals surface area contributed by atoms with Gasteiger partial charge in [-0.2, -0.15) is 0 Å². The van der Waals surface area contributed by atoms with Gasteiger partial charge >= 0.3 is 0 Å². The molecule has 3 nitrogen and oxygen atoms in total. The summed E-state index contributed by atoms with van der Waals surface area (Å²) in [6.45, 7) is 0.367. The quantitative estimate of drug-likeness (QED) is 0.769. The van der Waals surface area contributed by atoms with Crippen LogP contribution in [-0.4, -0.2) is 26.5 Å². The summed E-state index contributed by atoms with van der Waals surface area (Å²) in [5, 5.41) is 2.86. The van der Waals surface area contributed by atoms with Crippen LogP contribution in [0.5, 0.6) is 5.75 Å². The van der Waals surface area contributed by atoms with E-state index >= 15 is 0 Å². The van der Waals surface area contributed by atoms with Crippen LogP contribution >= 0.6 is 0 Å². The molecule has 1 aromatic rings. The molecule has 0 heterocycles. The lowest BCUT2D eigenvalue weighted by Crippen LogP contribution is -2.18. The predicted molar refractivity (Wildman–Crippen MR) is 63.2 cm³/mol. The highest BCUT2D eigenvalue weighted by Crippen LogP contribution is 2.44. The molecule has 1 N–H and O–H groups in total. The Hall–Kier alpha value is -1.35. The molecule has 0 radical (unpaired) electrons. The minimum atomic E-state index is 0.100. The third-order valence-corrected chi connectivity index (χ3v) is 2.91. The van der Waals surface area contributed by atoms with Crippen molar-refractivity contribution in [2.24, 2.45) is 0 Å². The lowest BCUT2D eigenvalue weighted by Gasteiger charge is -2.09. The minimum Gasteiger partial charge on any atom is -0.496 e. The van der Waals surface area contributed by atoms with Gasteiger partial charge in [0.1, 0.15) is 5.75 Å². The molecule has 0 amide bonds. The number of carbonyl (C=O) groups is 1. The van der Waals surface area contributed by atoms with Gasteiger partial charge in [0.2, 0.25) is 0 Å². The van der Waals surface area contributed by atoms with Crippen LogP contribution < -0.4 is 10.1 Å². The number of likely N-dealkylation sites (N-methyl/N-ethyl adjacent to an activating group) is 1. The summed E-state index contributed by atoms with van der Waals surface area (Å²) in [5.74, 6) is 1.59. The Kier molecular flexibility index (Phi) is 3.25. The van der Waals surface area contributed by atoms with Crippen molar-refractivity contribution in [2.75, 3.05) is 20.7 Å². The number of benzene rings is 1. The van der Waals surface area contributed by atoms with Gasteiger partial charge < -0.3 is 10.1 Å². The minimum absolute atomic E-state index is 0.100.